The summed E-state index contributed by atoms with van der Waals surface area (Å²) >= 11 is 1.40. The number of rotatable bonds is 3. The van der Waals surface area contributed by atoms with Crippen molar-refractivity contribution < 1.29 is 9.59 Å². The predicted molar refractivity (Wildman–Crippen MR) is 99.7 cm³/mol. The minimum absolute atomic E-state index is 0.323. The molecule has 2 aliphatic rings. The first-order valence-electron chi connectivity index (χ1n) is 8.08. The molecule has 25 heavy (non-hydrogen) atoms. The van der Waals surface area contributed by atoms with Gasteiger partial charge in [0.1, 0.15) is 0 Å². The minimum atomic E-state index is -0.562. The van der Waals surface area contributed by atoms with E-state index in [4.69, 9.17) is 5.84 Å². The van der Waals surface area contributed by atoms with Crippen molar-refractivity contribution in [2.24, 2.45) is 10.2 Å². The van der Waals surface area contributed by atoms with Crippen LogP contribution in [0.1, 0.15) is 35.7 Å². The van der Waals surface area contributed by atoms with E-state index in [1.165, 1.54) is 11.9 Å². The molecule has 0 aromatic heterocycles. The Morgan fingerprint density at radius 1 is 1.24 bits per heavy atom. The number of imide groups is 1. The molecule has 130 valence electrons. The molecular formula is C18H20N4O2S. The molecule has 2 N–H and O–H groups in total. The molecule has 0 saturated heterocycles. The number of fused-ring (bicyclic) bond motifs is 1. The van der Waals surface area contributed by atoms with Crippen molar-refractivity contribution in [2.75, 3.05) is 12.3 Å². The summed E-state index contributed by atoms with van der Waals surface area (Å²) in [6, 6.07) is 7.14. The Bertz CT molecular complexity index is 781. The molecule has 3 rings (SSSR count). The lowest BCUT2D eigenvalue weighted by Gasteiger charge is -2.29. The molecule has 0 fully saturated rings. The molecule has 2 amide bonds. The van der Waals surface area contributed by atoms with Crippen molar-refractivity contribution in [3.05, 3.63) is 59.3 Å². The van der Waals surface area contributed by atoms with Crippen LogP contribution in [0.4, 0.5) is 0 Å². The number of hydrogen-bond donors (Lipinski definition) is 1. The van der Waals surface area contributed by atoms with Crippen molar-refractivity contribution in [1.82, 2.24) is 9.91 Å². The van der Waals surface area contributed by atoms with Gasteiger partial charge in [-0.2, -0.15) is 4.40 Å². The Labute approximate surface area is 151 Å². The van der Waals surface area contributed by atoms with Crippen molar-refractivity contribution in [1.29, 1.82) is 0 Å². The number of carbonyl (C=O) groups is 2. The highest BCUT2D eigenvalue weighted by Crippen LogP contribution is 2.22. The van der Waals surface area contributed by atoms with E-state index in [2.05, 4.69) is 18.2 Å². The number of amidine groups is 1. The van der Waals surface area contributed by atoms with Gasteiger partial charge in [-0.05, 0) is 47.7 Å². The number of benzene rings is 1. The zero-order valence-corrected chi connectivity index (χ0v) is 15.0. The monoisotopic (exact) mass is 356 g/mol. The maximum absolute atomic E-state index is 12.7. The summed E-state index contributed by atoms with van der Waals surface area (Å²) in [4.78, 5) is 27.1. The average molecular weight is 356 g/mol. The van der Waals surface area contributed by atoms with E-state index in [0.717, 1.165) is 17.9 Å². The zero-order valence-electron chi connectivity index (χ0n) is 14.2. The van der Waals surface area contributed by atoms with Crippen LogP contribution in [0.2, 0.25) is 0 Å². The summed E-state index contributed by atoms with van der Waals surface area (Å²) in [6.45, 7) is 4.92. The third-order valence-electron chi connectivity index (χ3n) is 4.11. The number of hydrogen-bond acceptors (Lipinski definition) is 6. The molecule has 2 heterocycles. The second-order valence-electron chi connectivity index (χ2n) is 6.12. The first kappa shape index (κ1) is 17.4. The molecule has 1 aromatic carbocycles. The number of hydrazine groups is 1. The molecule has 0 bridgehead atoms. The van der Waals surface area contributed by atoms with Gasteiger partial charge in [0, 0.05) is 24.1 Å². The number of nitrogens with zero attached hydrogens (tertiary/aromatic N) is 3. The molecule has 0 unspecified atom stereocenters. The first-order chi connectivity index (χ1) is 12.0. The standard InChI is InChI=1S/C18H20N4O2S/c1-12(2)13-5-7-14(8-6-13)17(23)22(19)18(24)15-4-3-9-21-10-11-25-20-16(15)21/h3-9,12H,10-11,19H2,1-2H3. The Balaban J connectivity index is 1.80. The van der Waals surface area contributed by atoms with Gasteiger partial charge >= 0.3 is 0 Å². The largest absolute Gasteiger partial charge is 0.331 e. The molecule has 0 saturated carbocycles. The van der Waals surface area contributed by atoms with Gasteiger partial charge in [0.15, 0.2) is 5.84 Å². The Kier molecular flexibility index (Phi) is 5.06. The molecule has 0 radical (unpaired) electrons. The van der Waals surface area contributed by atoms with Crippen LogP contribution in [-0.4, -0.2) is 39.9 Å². The van der Waals surface area contributed by atoms with Crippen LogP contribution in [0.15, 0.2) is 52.6 Å². The number of nitrogens with two attached hydrogens (primary N) is 1. The molecule has 2 aliphatic heterocycles. The zero-order chi connectivity index (χ0) is 18.0. The highest BCUT2D eigenvalue weighted by molar-refractivity contribution is 7.98. The van der Waals surface area contributed by atoms with Gasteiger partial charge < -0.3 is 4.90 Å². The van der Waals surface area contributed by atoms with Crippen molar-refractivity contribution >= 4 is 29.6 Å². The van der Waals surface area contributed by atoms with E-state index in [-0.39, 0.29) is 0 Å². The predicted octanol–water partition coefficient (Wildman–Crippen LogP) is 2.47. The van der Waals surface area contributed by atoms with Gasteiger partial charge in [0.25, 0.3) is 11.8 Å². The number of carbonyl (C=O) groups excluding carboxylic acids is 2. The van der Waals surface area contributed by atoms with Crippen molar-refractivity contribution in [3.63, 3.8) is 0 Å². The molecule has 7 heteroatoms. The summed E-state index contributed by atoms with van der Waals surface area (Å²) < 4.78 is 4.32. The van der Waals surface area contributed by atoms with E-state index in [9.17, 15) is 9.59 Å². The molecular weight excluding hydrogens is 336 g/mol. The normalized spacial score (nSPS) is 16.2. The molecule has 6 nitrogen and oxygen atoms in total. The van der Waals surface area contributed by atoms with Crippen LogP contribution < -0.4 is 5.84 Å². The molecule has 0 atom stereocenters. The van der Waals surface area contributed by atoms with Crippen LogP contribution in [0.25, 0.3) is 0 Å². The Hall–Kier alpha value is -2.38. The van der Waals surface area contributed by atoms with Crippen LogP contribution >= 0.6 is 11.9 Å². The van der Waals surface area contributed by atoms with Gasteiger partial charge in [0.2, 0.25) is 0 Å². The van der Waals surface area contributed by atoms with E-state index < -0.39 is 11.8 Å². The third-order valence-corrected chi connectivity index (χ3v) is 4.78. The summed E-state index contributed by atoms with van der Waals surface area (Å²) in [5, 5.41) is 0.662. The number of allylic oxidation sites excluding steroid dienone is 2. The average Bonchev–Trinajstić information content (AvgIpc) is 2.65. The summed E-state index contributed by atoms with van der Waals surface area (Å²) in [6.07, 6.45) is 5.26. The minimum Gasteiger partial charge on any atom is -0.331 e. The van der Waals surface area contributed by atoms with Crippen LogP contribution in [-0.2, 0) is 4.79 Å². The second kappa shape index (κ2) is 7.25. The fourth-order valence-corrected chi connectivity index (χ4v) is 3.30. The Morgan fingerprint density at radius 3 is 2.64 bits per heavy atom. The maximum atomic E-state index is 12.7. The van der Waals surface area contributed by atoms with E-state index >= 15 is 0 Å². The van der Waals surface area contributed by atoms with Gasteiger partial charge in [-0.15, -0.1) is 0 Å². The lowest BCUT2D eigenvalue weighted by Crippen LogP contribution is -2.47. The van der Waals surface area contributed by atoms with Crippen LogP contribution in [0, 0.1) is 0 Å². The fourth-order valence-electron chi connectivity index (χ4n) is 2.61. The van der Waals surface area contributed by atoms with E-state index in [0.29, 0.717) is 27.9 Å². The summed E-state index contributed by atoms with van der Waals surface area (Å²) in [5.41, 5.74) is 1.82. The quantitative estimate of drug-likeness (QED) is 0.296. The van der Waals surface area contributed by atoms with Crippen molar-refractivity contribution in [3.8, 4) is 0 Å². The lowest BCUT2D eigenvalue weighted by molar-refractivity contribution is -0.124. The smallest absolute Gasteiger partial charge is 0.278 e. The second-order valence-corrected chi connectivity index (χ2v) is 6.97. The summed E-state index contributed by atoms with van der Waals surface area (Å²) in [7, 11) is 0. The molecule has 0 aliphatic carbocycles. The van der Waals surface area contributed by atoms with Gasteiger partial charge in [-0.3, -0.25) is 9.59 Å². The van der Waals surface area contributed by atoms with Gasteiger partial charge in [0.05, 0.1) is 5.57 Å². The van der Waals surface area contributed by atoms with Gasteiger partial charge in [-0.1, -0.05) is 26.0 Å². The highest BCUT2D eigenvalue weighted by Gasteiger charge is 2.30. The maximum Gasteiger partial charge on any atom is 0.278 e. The molecule has 0 spiro atoms. The topological polar surface area (TPSA) is 79.0 Å². The van der Waals surface area contributed by atoms with E-state index in [1.54, 1.807) is 24.3 Å². The molecule has 1 aromatic rings. The van der Waals surface area contributed by atoms with E-state index in [1.807, 2.05) is 23.2 Å². The van der Waals surface area contributed by atoms with Gasteiger partial charge in [-0.25, -0.2) is 10.9 Å². The van der Waals surface area contributed by atoms with Crippen molar-refractivity contribution in [2.45, 2.75) is 19.8 Å². The first-order valence-corrected chi connectivity index (χ1v) is 9.02. The lowest BCUT2D eigenvalue weighted by atomic mass is 10.0. The SMILES string of the molecule is CC(C)c1ccc(C(=O)N(N)C(=O)C2=CC=CN3CCSN=C23)cc1. The Morgan fingerprint density at radius 2 is 1.96 bits per heavy atom. The number of amides is 2. The van der Waals surface area contributed by atoms with Crippen LogP contribution in [0.5, 0.6) is 0 Å². The summed E-state index contributed by atoms with van der Waals surface area (Å²) in [5.74, 6) is 6.50. The fraction of sp³-hybridized carbons (Fsp3) is 0.278. The highest BCUT2D eigenvalue weighted by atomic mass is 32.2. The van der Waals surface area contributed by atoms with Crippen LogP contribution in [0.3, 0.4) is 0 Å². The third kappa shape index (κ3) is 3.52.